The summed E-state index contributed by atoms with van der Waals surface area (Å²) in [4.78, 5) is 14.5. The second-order valence-corrected chi connectivity index (χ2v) is 7.20. The molecule has 142 valence electrons. The predicted molar refractivity (Wildman–Crippen MR) is 116 cm³/mol. The van der Waals surface area contributed by atoms with Crippen molar-refractivity contribution >= 4 is 22.3 Å². The molecule has 0 aliphatic rings. The molecule has 0 atom stereocenters. The highest BCUT2D eigenvalue weighted by molar-refractivity contribution is 5.86. The average Bonchev–Trinajstić information content (AvgIpc) is 3.09. The number of ether oxygens (including phenoxy) is 1. The molecule has 0 N–H and O–H groups in total. The van der Waals surface area contributed by atoms with Crippen molar-refractivity contribution in [1.82, 2.24) is 19.5 Å². The fourth-order valence-corrected chi connectivity index (χ4v) is 3.72. The summed E-state index contributed by atoms with van der Waals surface area (Å²) in [5, 5.41) is 0. The minimum atomic E-state index is 0.633. The quantitative estimate of drug-likeness (QED) is 0.428. The zero-order chi connectivity index (χ0) is 20.0. The van der Waals surface area contributed by atoms with Crippen molar-refractivity contribution in [3.63, 3.8) is 0 Å². The minimum Gasteiger partial charge on any atom is -0.497 e. The molecule has 0 unspecified atom stereocenters. The molecular formula is C24H20N4O. The van der Waals surface area contributed by atoms with Gasteiger partial charge in [0.15, 0.2) is 11.3 Å². The minimum absolute atomic E-state index is 0.633. The molecule has 2 aromatic heterocycles. The van der Waals surface area contributed by atoms with Crippen molar-refractivity contribution in [2.24, 2.45) is 0 Å². The summed E-state index contributed by atoms with van der Waals surface area (Å²) >= 11 is 0. The molecule has 0 amide bonds. The zero-order valence-corrected chi connectivity index (χ0v) is 16.5. The molecule has 2 heterocycles. The molecule has 5 nitrogen and oxygen atoms in total. The second kappa shape index (κ2) is 6.71. The number of benzene rings is 3. The van der Waals surface area contributed by atoms with E-state index >= 15 is 0 Å². The van der Waals surface area contributed by atoms with E-state index in [1.54, 1.807) is 7.11 Å². The molecule has 5 heteroatoms. The van der Waals surface area contributed by atoms with E-state index in [0.717, 1.165) is 39.5 Å². The Hall–Kier alpha value is -3.73. The summed E-state index contributed by atoms with van der Waals surface area (Å²) in [6.07, 6.45) is 0. The monoisotopic (exact) mass is 380 g/mol. The molecule has 5 rings (SSSR count). The van der Waals surface area contributed by atoms with Gasteiger partial charge in [0, 0.05) is 11.3 Å². The van der Waals surface area contributed by atoms with Gasteiger partial charge < -0.3 is 4.74 Å². The van der Waals surface area contributed by atoms with Gasteiger partial charge in [-0.3, -0.25) is 4.57 Å². The SMILES string of the molecule is COc1ccc(-c2nc3nc4ccccc4nc3n2-c2cc(C)cc(C)c2)cc1. The number of fused-ring (bicyclic) bond motifs is 2. The molecule has 29 heavy (non-hydrogen) atoms. The van der Waals surface area contributed by atoms with Gasteiger partial charge in [-0.2, -0.15) is 0 Å². The van der Waals surface area contributed by atoms with Gasteiger partial charge in [-0.05, 0) is 73.5 Å². The number of hydrogen-bond donors (Lipinski definition) is 0. The van der Waals surface area contributed by atoms with E-state index in [-0.39, 0.29) is 0 Å². The van der Waals surface area contributed by atoms with E-state index in [1.165, 1.54) is 11.1 Å². The van der Waals surface area contributed by atoms with Crippen LogP contribution in [0.4, 0.5) is 0 Å². The van der Waals surface area contributed by atoms with Gasteiger partial charge in [0.1, 0.15) is 11.6 Å². The Labute approximate surface area is 168 Å². The summed E-state index contributed by atoms with van der Waals surface area (Å²) in [7, 11) is 1.67. The van der Waals surface area contributed by atoms with Crippen molar-refractivity contribution in [3.8, 4) is 22.8 Å². The van der Waals surface area contributed by atoms with Gasteiger partial charge in [-0.1, -0.05) is 18.2 Å². The van der Waals surface area contributed by atoms with Crippen molar-refractivity contribution in [2.75, 3.05) is 7.11 Å². The molecule has 0 radical (unpaired) electrons. The lowest BCUT2D eigenvalue weighted by Crippen LogP contribution is -2.00. The number of aromatic nitrogens is 4. The second-order valence-electron chi connectivity index (χ2n) is 7.20. The molecule has 0 saturated carbocycles. The third-order valence-corrected chi connectivity index (χ3v) is 4.98. The Kier molecular flexibility index (Phi) is 4.02. The van der Waals surface area contributed by atoms with Gasteiger partial charge in [-0.25, -0.2) is 15.0 Å². The number of para-hydroxylation sites is 2. The van der Waals surface area contributed by atoms with Crippen LogP contribution >= 0.6 is 0 Å². The highest BCUT2D eigenvalue weighted by Crippen LogP contribution is 2.30. The number of rotatable bonds is 3. The summed E-state index contributed by atoms with van der Waals surface area (Å²) in [6, 6.07) is 22.3. The van der Waals surface area contributed by atoms with Crippen LogP contribution in [0.2, 0.25) is 0 Å². The summed E-state index contributed by atoms with van der Waals surface area (Å²) in [6.45, 7) is 4.20. The fourth-order valence-electron chi connectivity index (χ4n) is 3.72. The first-order chi connectivity index (χ1) is 14.1. The van der Waals surface area contributed by atoms with Crippen LogP contribution in [0.3, 0.4) is 0 Å². The van der Waals surface area contributed by atoms with E-state index in [2.05, 4.69) is 36.6 Å². The van der Waals surface area contributed by atoms with Gasteiger partial charge in [-0.15, -0.1) is 0 Å². The van der Waals surface area contributed by atoms with E-state index < -0.39 is 0 Å². The Morgan fingerprint density at radius 1 is 0.759 bits per heavy atom. The maximum absolute atomic E-state index is 5.31. The smallest absolute Gasteiger partial charge is 0.199 e. The lowest BCUT2D eigenvalue weighted by molar-refractivity contribution is 0.415. The third kappa shape index (κ3) is 3.01. The van der Waals surface area contributed by atoms with Crippen LogP contribution in [0, 0.1) is 13.8 Å². The largest absolute Gasteiger partial charge is 0.497 e. The standard InChI is InChI=1S/C24H20N4O/c1-15-12-16(2)14-18(13-15)28-23(17-8-10-19(29-3)11-9-17)27-22-24(28)26-21-7-5-4-6-20(21)25-22/h4-14H,1-3H3. The number of aryl methyl sites for hydroxylation is 2. The van der Waals surface area contributed by atoms with Gasteiger partial charge in [0.05, 0.1) is 18.1 Å². The fraction of sp³-hybridized carbons (Fsp3) is 0.125. The van der Waals surface area contributed by atoms with Crippen LogP contribution in [-0.4, -0.2) is 26.6 Å². The normalized spacial score (nSPS) is 11.3. The first kappa shape index (κ1) is 17.4. The Morgan fingerprint density at radius 2 is 1.41 bits per heavy atom. The maximum atomic E-state index is 5.31. The summed E-state index contributed by atoms with van der Waals surface area (Å²) in [5.41, 5.74) is 7.47. The summed E-state index contributed by atoms with van der Waals surface area (Å²) < 4.78 is 7.40. The maximum Gasteiger partial charge on any atom is 0.199 e. The van der Waals surface area contributed by atoms with Crippen molar-refractivity contribution in [1.29, 1.82) is 0 Å². The molecule has 0 bridgehead atoms. The van der Waals surface area contributed by atoms with Crippen molar-refractivity contribution < 1.29 is 4.74 Å². The van der Waals surface area contributed by atoms with E-state index in [0.29, 0.717) is 5.65 Å². The molecule has 0 aliphatic heterocycles. The molecule has 0 aliphatic carbocycles. The Balaban J connectivity index is 1.85. The molecule has 0 fully saturated rings. The van der Waals surface area contributed by atoms with E-state index in [9.17, 15) is 0 Å². The first-order valence-electron chi connectivity index (χ1n) is 9.51. The molecular weight excluding hydrogens is 360 g/mol. The van der Waals surface area contributed by atoms with Gasteiger partial charge >= 0.3 is 0 Å². The average molecular weight is 380 g/mol. The van der Waals surface area contributed by atoms with Gasteiger partial charge in [0.2, 0.25) is 0 Å². The highest BCUT2D eigenvalue weighted by Gasteiger charge is 2.18. The number of hydrogen-bond acceptors (Lipinski definition) is 4. The highest BCUT2D eigenvalue weighted by atomic mass is 16.5. The van der Waals surface area contributed by atoms with Crippen LogP contribution in [0.15, 0.2) is 66.7 Å². The lowest BCUT2D eigenvalue weighted by Gasteiger charge is -2.11. The van der Waals surface area contributed by atoms with Crippen molar-refractivity contribution in [3.05, 3.63) is 77.9 Å². The third-order valence-electron chi connectivity index (χ3n) is 4.98. The molecule has 0 saturated heterocycles. The Bertz CT molecular complexity index is 1330. The number of imidazole rings is 1. The summed E-state index contributed by atoms with van der Waals surface area (Å²) in [5.74, 6) is 1.62. The van der Waals surface area contributed by atoms with E-state index in [1.807, 2.05) is 48.5 Å². The molecule has 5 aromatic rings. The Morgan fingerprint density at radius 3 is 2.07 bits per heavy atom. The predicted octanol–water partition coefficient (Wildman–Crippen LogP) is 5.26. The van der Waals surface area contributed by atoms with Crippen LogP contribution in [0.25, 0.3) is 39.4 Å². The van der Waals surface area contributed by atoms with Gasteiger partial charge in [0.25, 0.3) is 0 Å². The molecule has 3 aromatic carbocycles. The molecule has 0 spiro atoms. The van der Waals surface area contributed by atoms with Crippen LogP contribution in [-0.2, 0) is 0 Å². The number of methoxy groups -OCH3 is 1. The lowest BCUT2D eigenvalue weighted by atomic mass is 10.1. The van der Waals surface area contributed by atoms with Crippen LogP contribution in [0.1, 0.15) is 11.1 Å². The van der Waals surface area contributed by atoms with E-state index in [4.69, 9.17) is 19.7 Å². The van der Waals surface area contributed by atoms with Crippen LogP contribution in [0.5, 0.6) is 5.75 Å². The number of nitrogens with zero attached hydrogens (tertiary/aromatic N) is 4. The first-order valence-corrected chi connectivity index (χ1v) is 9.51. The van der Waals surface area contributed by atoms with Crippen molar-refractivity contribution in [2.45, 2.75) is 13.8 Å². The van der Waals surface area contributed by atoms with Crippen LogP contribution < -0.4 is 4.74 Å². The zero-order valence-electron chi connectivity index (χ0n) is 16.5. The topological polar surface area (TPSA) is 52.8 Å².